The molecule has 0 aromatic carbocycles. The Balaban J connectivity index is 3.26. The first-order valence-electron chi connectivity index (χ1n) is 3.41. The minimum atomic E-state index is -0.862. The van der Waals surface area contributed by atoms with Gasteiger partial charge in [-0.3, -0.25) is 4.79 Å². The molecule has 0 amide bonds. The number of hydrogen-bond donors (Lipinski definition) is 0. The SMILES string of the molecule is CC[C@@H](F)CCC(=O)OC. The Kier molecular flexibility index (Phi) is 4.89. The van der Waals surface area contributed by atoms with E-state index in [0.29, 0.717) is 6.42 Å². The van der Waals surface area contributed by atoms with Gasteiger partial charge >= 0.3 is 5.97 Å². The molecule has 0 saturated carbocycles. The molecule has 10 heavy (non-hydrogen) atoms. The molecule has 0 radical (unpaired) electrons. The van der Waals surface area contributed by atoms with Crippen molar-refractivity contribution >= 4 is 5.97 Å². The van der Waals surface area contributed by atoms with Crippen molar-refractivity contribution in [2.24, 2.45) is 0 Å². The van der Waals surface area contributed by atoms with Gasteiger partial charge in [0.25, 0.3) is 0 Å². The third-order valence-corrected chi connectivity index (χ3v) is 1.33. The fraction of sp³-hybridized carbons (Fsp3) is 0.857. The van der Waals surface area contributed by atoms with Gasteiger partial charge in [0, 0.05) is 6.42 Å². The number of halogens is 1. The molecule has 0 N–H and O–H groups in total. The van der Waals surface area contributed by atoms with Crippen LogP contribution < -0.4 is 0 Å². The second-order valence-electron chi connectivity index (χ2n) is 2.12. The summed E-state index contributed by atoms with van der Waals surface area (Å²) >= 11 is 0. The maximum absolute atomic E-state index is 12.4. The quantitative estimate of drug-likeness (QED) is 0.567. The van der Waals surface area contributed by atoms with Crippen LogP contribution in [-0.2, 0) is 9.53 Å². The molecule has 0 heterocycles. The molecular weight excluding hydrogens is 135 g/mol. The largest absolute Gasteiger partial charge is 0.469 e. The van der Waals surface area contributed by atoms with E-state index in [4.69, 9.17) is 0 Å². The smallest absolute Gasteiger partial charge is 0.305 e. The van der Waals surface area contributed by atoms with Gasteiger partial charge in [0.1, 0.15) is 6.17 Å². The van der Waals surface area contributed by atoms with Crippen LogP contribution in [0, 0.1) is 0 Å². The lowest BCUT2D eigenvalue weighted by molar-refractivity contribution is -0.141. The van der Waals surface area contributed by atoms with Crippen molar-refractivity contribution in [3.8, 4) is 0 Å². The third-order valence-electron chi connectivity index (χ3n) is 1.33. The van der Waals surface area contributed by atoms with Gasteiger partial charge in [-0.25, -0.2) is 4.39 Å². The summed E-state index contributed by atoms with van der Waals surface area (Å²) in [6.45, 7) is 1.75. The van der Waals surface area contributed by atoms with Crippen LogP contribution >= 0.6 is 0 Å². The van der Waals surface area contributed by atoms with Crippen LogP contribution in [0.1, 0.15) is 26.2 Å². The van der Waals surface area contributed by atoms with Crippen LogP contribution in [0.15, 0.2) is 0 Å². The molecule has 0 aromatic rings. The van der Waals surface area contributed by atoms with Crippen molar-refractivity contribution in [2.75, 3.05) is 7.11 Å². The number of methoxy groups -OCH3 is 1. The highest BCUT2D eigenvalue weighted by atomic mass is 19.1. The number of rotatable bonds is 4. The number of ether oxygens (including phenoxy) is 1. The highest BCUT2D eigenvalue weighted by Crippen LogP contribution is 2.05. The number of carbonyl (C=O) groups is 1. The summed E-state index contributed by atoms with van der Waals surface area (Å²) < 4.78 is 16.8. The van der Waals surface area contributed by atoms with E-state index in [2.05, 4.69) is 4.74 Å². The van der Waals surface area contributed by atoms with Crippen molar-refractivity contribution in [2.45, 2.75) is 32.4 Å². The number of hydrogen-bond acceptors (Lipinski definition) is 2. The maximum Gasteiger partial charge on any atom is 0.305 e. The van der Waals surface area contributed by atoms with Gasteiger partial charge < -0.3 is 4.74 Å². The lowest BCUT2D eigenvalue weighted by Crippen LogP contribution is -2.05. The van der Waals surface area contributed by atoms with Gasteiger partial charge in [-0.05, 0) is 12.8 Å². The fourth-order valence-corrected chi connectivity index (χ4v) is 0.581. The number of esters is 1. The predicted octanol–water partition coefficient (Wildman–Crippen LogP) is 1.69. The molecule has 0 aliphatic rings. The molecule has 0 aromatic heterocycles. The van der Waals surface area contributed by atoms with Crippen molar-refractivity contribution < 1.29 is 13.9 Å². The van der Waals surface area contributed by atoms with Crippen molar-refractivity contribution in [3.63, 3.8) is 0 Å². The molecule has 0 saturated heterocycles. The zero-order valence-electron chi connectivity index (χ0n) is 6.39. The van der Waals surface area contributed by atoms with Crippen LogP contribution in [0.25, 0.3) is 0 Å². The molecule has 3 heteroatoms. The zero-order chi connectivity index (χ0) is 7.98. The minimum Gasteiger partial charge on any atom is -0.469 e. The van der Waals surface area contributed by atoms with Crippen molar-refractivity contribution in [1.29, 1.82) is 0 Å². The van der Waals surface area contributed by atoms with Crippen molar-refractivity contribution in [3.05, 3.63) is 0 Å². The Bertz CT molecular complexity index is 104. The van der Waals surface area contributed by atoms with E-state index < -0.39 is 6.17 Å². The Labute approximate surface area is 60.4 Å². The maximum atomic E-state index is 12.4. The van der Waals surface area contributed by atoms with Crippen LogP contribution in [0.2, 0.25) is 0 Å². The van der Waals surface area contributed by atoms with Crippen LogP contribution in [0.3, 0.4) is 0 Å². The monoisotopic (exact) mass is 148 g/mol. The van der Waals surface area contributed by atoms with Gasteiger partial charge in [-0.15, -0.1) is 0 Å². The third kappa shape index (κ3) is 4.30. The highest BCUT2D eigenvalue weighted by molar-refractivity contribution is 5.69. The van der Waals surface area contributed by atoms with E-state index in [9.17, 15) is 9.18 Å². The fourth-order valence-electron chi connectivity index (χ4n) is 0.581. The molecule has 0 fully saturated rings. The number of carbonyl (C=O) groups excluding carboxylic acids is 1. The van der Waals surface area contributed by atoms with E-state index >= 15 is 0 Å². The summed E-state index contributed by atoms with van der Waals surface area (Å²) in [4.78, 5) is 10.4. The average molecular weight is 148 g/mol. The van der Waals surface area contributed by atoms with E-state index in [1.807, 2.05) is 0 Å². The first-order chi connectivity index (χ1) is 4.70. The summed E-state index contributed by atoms with van der Waals surface area (Å²) in [5, 5.41) is 0. The standard InChI is InChI=1S/C7H13FO2/c1-3-6(8)4-5-7(9)10-2/h6H,3-5H2,1-2H3/t6-/m1/s1. The van der Waals surface area contributed by atoms with Gasteiger partial charge in [0.05, 0.1) is 7.11 Å². The molecule has 0 unspecified atom stereocenters. The normalized spacial score (nSPS) is 12.7. The van der Waals surface area contributed by atoms with Crippen molar-refractivity contribution in [1.82, 2.24) is 0 Å². The molecule has 0 rings (SSSR count). The summed E-state index contributed by atoms with van der Waals surface area (Å²) in [6.07, 6.45) is 0.0742. The second kappa shape index (κ2) is 5.21. The Morgan fingerprint density at radius 1 is 1.70 bits per heavy atom. The first-order valence-corrected chi connectivity index (χ1v) is 3.41. The van der Waals surface area contributed by atoms with Gasteiger partial charge in [0.2, 0.25) is 0 Å². The van der Waals surface area contributed by atoms with Gasteiger partial charge in [0.15, 0.2) is 0 Å². The predicted molar refractivity (Wildman–Crippen MR) is 36.4 cm³/mol. The van der Waals surface area contributed by atoms with E-state index in [1.54, 1.807) is 6.92 Å². The molecule has 0 spiro atoms. The summed E-state index contributed by atoms with van der Waals surface area (Å²) in [5.74, 6) is -0.337. The minimum absolute atomic E-state index is 0.186. The molecule has 0 aliphatic carbocycles. The highest BCUT2D eigenvalue weighted by Gasteiger charge is 2.06. The summed E-state index contributed by atoms with van der Waals surface area (Å²) in [5.41, 5.74) is 0. The van der Waals surface area contributed by atoms with Gasteiger partial charge in [-0.1, -0.05) is 6.92 Å². The first kappa shape index (κ1) is 9.40. The Morgan fingerprint density at radius 2 is 2.30 bits per heavy atom. The van der Waals surface area contributed by atoms with Crippen LogP contribution in [0.5, 0.6) is 0 Å². The summed E-state index contributed by atoms with van der Waals surface area (Å²) in [7, 11) is 1.31. The molecule has 60 valence electrons. The topological polar surface area (TPSA) is 26.3 Å². The second-order valence-corrected chi connectivity index (χ2v) is 2.12. The lowest BCUT2D eigenvalue weighted by Gasteiger charge is -2.02. The molecule has 0 aliphatic heterocycles. The van der Waals surface area contributed by atoms with E-state index in [0.717, 1.165) is 0 Å². The molecular formula is C7H13FO2. The summed E-state index contributed by atoms with van der Waals surface area (Å²) in [6, 6.07) is 0. The lowest BCUT2D eigenvalue weighted by atomic mass is 10.2. The molecule has 2 nitrogen and oxygen atoms in total. The van der Waals surface area contributed by atoms with Gasteiger partial charge in [-0.2, -0.15) is 0 Å². The van der Waals surface area contributed by atoms with Crippen LogP contribution in [-0.4, -0.2) is 19.3 Å². The Hall–Kier alpha value is -0.600. The Morgan fingerprint density at radius 3 is 2.70 bits per heavy atom. The van der Waals surface area contributed by atoms with Crippen LogP contribution in [0.4, 0.5) is 4.39 Å². The average Bonchev–Trinajstić information content (AvgIpc) is 1.99. The molecule has 0 bridgehead atoms. The molecule has 1 atom stereocenters. The van der Waals surface area contributed by atoms with E-state index in [-0.39, 0.29) is 18.8 Å². The zero-order valence-corrected chi connectivity index (χ0v) is 6.39. The van der Waals surface area contributed by atoms with E-state index in [1.165, 1.54) is 7.11 Å². The number of alkyl halides is 1.